The Bertz CT molecular complexity index is 871. The maximum atomic E-state index is 12.8. The predicted octanol–water partition coefficient (Wildman–Crippen LogP) is 18.2. The summed E-state index contributed by atoms with van der Waals surface area (Å²) in [6.07, 6.45) is 59.3. The van der Waals surface area contributed by atoms with Crippen molar-refractivity contribution in [3.8, 4) is 0 Å². The van der Waals surface area contributed by atoms with E-state index in [4.69, 9.17) is 14.2 Å². The molecule has 0 bridgehead atoms. The topological polar surface area (TPSA) is 61.8 Å². The summed E-state index contributed by atoms with van der Waals surface area (Å²) in [7, 11) is 0. The van der Waals surface area contributed by atoms with Crippen molar-refractivity contribution < 1.29 is 23.8 Å². The lowest BCUT2D eigenvalue weighted by molar-refractivity contribution is -0.163. The second-order valence-electron chi connectivity index (χ2n) is 18.5. The average molecular weight is 847 g/mol. The summed E-state index contributed by atoms with van der Waals surface area (Å²) in [6.45, 7) is 7.89. The SMILES string of the molecule is CCCCCCCC/C=C\CCCCCCCCCCCC(=O)OCC(COCCCCCCCCCCCCCCCC)OC(=O)CCCCCCCCCCCCC. The summed E-state index contributed by atoms with van der Waals surface area (Å²) in [5.41, 5.74) is 0. The van der Waals surface area contributed by atoms with Crippen LogP contribution in [0, 0.1) is 0 Å². The maximum absolute atomic E-state index is 12.8. The van der Waals surface area contributed by atoms with E-state index < -0.39 is 6.10 Å². The van der Waals surface area contributed by atoms with Gasteiger partial charge in [0.2, 0.25) is 0 Å². The number of hydrogen-bond acceptors (Lipinski definition) is 5. The van der Waals surface area contributed by atoms with Gasteiger partial charge in [-0.3, -0.25) is 9.59 Å². The van der Waals surface area contributed by atoms with Crippen LogP contribution in [-0.2, 0) is 23.8 Å². The van der Waals surface area contributed by atoms with Crippen molar-refractivity contribution in [3.05, 3.63) is 12.2 Å². The first-order valence-corrected chi connectivity index (χ1v) is 27.2. The van der Waals surface area contributed by atoms with Crippen LogP contribution in [-0.4, -0.2) is 37.9 Å². The van der Waals surface area contributed by atoms with Gasteiger partial charge in [0, 0.05) is 19.4 Å². The predicted molar refractivity (Wildman–Crippen MR) is 261 cm³/mol. The highest BCUT2D eigenvalue weighted by atomic mass is 16.6. The van der Waals surface area contributed by atoms with E-state index in [9.17, 15) is 9.59 Å². The van der Waals surface area contributed by atoms with Gasteiger partial charge in [0.05, 0.1) is 6.61 Å². The number of rotatable bonds is 51. The molecule has 0 fully saturated rings. The number of ether oxygens (including phenoxy) is 3. The number of carbonyl (C=O) groups excluding carboxylic acids is 2. The number of unbranched alkanes of at least 4 members (excludes halogenated alkanes) is 38. The van der Waals surface area contributed by atoms with Crippen molar-refractivity contribution in [1.29, 1.82) is 0 Å². The van der Waals surface area contributed by atoms with Gasteiger partial charge >= 0.3 is 11.9 Å². The molecule has 1 unspecified atom stereocenters. The van der Waals surface area contributed by atoms with Crippen LogP contribution in [0.4, 0.5) is 0 Å². The second kappa shape index (κ2) is 52.0. The monoisotopic (exact) mass is 847 g/mol. The van der Waals surface area contributed by atoms with Gasteiger partial charge in [-0.2, -0.15) is 0 Å². The molecular formula is C55H106O5. The normalized spacial score (nSPS) is 12.1. The molecule has 5 heteroatoms. The molecule has 0 aliphatic carbocycles. The zero-order valence-corrected chi connectivity index (χ0v) is 41.0. The van der Waals surface area contributed by atoms with Gasteiger partial charge in [-0.15, -0.1) is 0 Å². The van der Waals surface area contributed by atoms with Crippen molar-refractivity contribution in [2.24, 2.45) is 0 Å². The summed E-state index contributed by atoms with van der Waals surface area (Å²) in [6, 6.07) is 0. The van der Waals surface area contributed by atoms with Crippen LogP contribution in [0.3, 0.4) is 0 Å². The second-order valence-corrected chi connectivity index (χ2v) is 18.5. The Morgan fingerprint density at radius 1 is 0.350 bits per heavy atom. The first-order chi connectivity index (χ1) is 29.6. The van der Waals surface area contributed by atoms with E-state index in [0.29, 0.717) is 26.1 Å². The van der Waals surface area contributed by atoms with Crippen molar-refractivity contribution in [2.75, 3.05) is 19.8 Å². The van der Waals surface area contributed by atoms with Crippen molar-refractivity contribution in [1.82, 2.24) is 0 Å². The Labute approximate surface area is 375 Å². The molecule has 0 rings (SSSR count). The highest BCUT2D eigenvalue weighted by Crippen LogP contribution is 2.16. The van der Waals surface area contributed by atoms with Gasteiger partial charge in [0.1, 0.15) is 6.61 Å². The van der Waals surface area contributed by atoms with Gasteiger partial charge in [-0.05, 0) is 44.9 Å². The number of hydrogen-bond donors (Lipinski definition) is 0. The highest BCUT2D eigenvalue weighted by Gasteiger charge is 2.17. The molecule has 0 heterocycles. The molecular weight excluding hydrogens is 741 g/mol. The number of carbonyl (C=O) groups is 2. The molecule has 0 N–H and O–H groups in total. The van der Waals surface area contributed by atoms with E-state index in [1.165, 1.54) is 238 Å². The first kappa shape index (κ1) is 58.6. The third-order valence-corrected chi connectivity index (χ3v) is 12.3. The van der Waals surface area contributed by atoms with E-state index in [1.54, 1.807) is 0 Å². The summed E-state index contributed by atoms with van der Waals surface area (Å²) in [5.74, 6) is -0.378. The molecule has 356 valence electrons. The molecule has 0 aliphatic rings. The van der Waals surface area contributed by atoms with E-state index in [2.05, 4.69) is 32.9 Å². The standard InChI is InChI=1S/C55H106O5/c1-4-7-10-13-16-19-22-24-26-27-28-29-30-31-34-36-39-42-45-48-54(56)59-52-53(60-55(57)49-46-43-40-37-33-21-18-15-12-9-6-3)51-58-50-47-44-41-38-35-32-25-23-20-17-14-11-8-5-2/h24,26,53H,4-23,25,27-52H2,1-3H3/b26-24-. The lowest BCUT2D eigenvalue weighted by atomic mass is 10.0. The van der Waals surface area contributed by atoms with Crippen molar-refractivity contribution >= 4 is 11.9 Å². The molecule has 5 nitrogen and oxygen atoms in total. The van der Waals surface area contributed by atoms with Gasteiger partial charge in [0.25, 0.3) is 0 Å². The summed E-state index contributed by atoms with van der Waals surface area (Å²) < 4.78 is 17.4. The molecule has 0 saturated carbocycles. The van der Waals surface area contributed by atoms with Crippen LogP contribution in [0.25, 0.3) is 0 Å². The van der Waals surface area contributed by atoms with E-state index in [1.807, 2.05) is 0 Å². The average Bonchev–Trinajstić information content (AvgIpc) is 3.25. The summed E-state index contributed by atoms with van der Waals surface area (Å²) in [4.78, 5) is 25.4. The van der Waals surface area contributed by atoms with Crippen LogP contribution in [0.15, 0.2) is 12.2 Å². The van der Waals surface area contributed by atoms with Crippen LogP contribution in [0.1, 0.15) is 303 Å². The number of allylic oxidation sites excluding steroid dienone is 2. The van der Waals surface area contributed by atoms with Gasteiger partial charge in [-0.1, -0.05) is 258 Å². The maximum Gasteiger partial charge on any atom is 0.306 e. The molecule has 0 amide bonds. The Kier molecular flexibility index (Phi) is 50.8. The Morgan fingerprint density at radius 2 is 0.650 bits per heavy atom. The molecule has 0 spiro atoms. The fourth-order valence-corrected chi connectivity index (χ4v) is 8.21. The quantitative estimate of drug-likeness (QED) is 0.0347. The molecule has 0 aromatic rings. The minimum absolute atomic E-state index is 0.0937. The zero-order chi connectivity index (χ0) is 43.5. The van der Waals surface area contributed by atoms with Crippen molar-refractivity contribution in [3.63, 3.8) is 0 Å². The largest absolute Gasteiger partial charge is 0.462 e. The van der Waals surface area contributed by atoms with Gasteiger partial charge in [-0.25, -0.2) is 0 Å². The smallest absolute Gasteiger partial charge is 0.306 e. The Morgan fingerprint density at radius 3 is 1.02 bits per heavy atom. The van der Waals surface area contributed by atoms with E-state index >= 15 is 0 Å². The van der Waals surface area contributed by atoms with E-state index in [-0.39, 0.29) is 18.5 Å². The summed E-state index contributed by atoms with van der Waals surface area (Å²) >= 11 is 0. The lowest BCUT2D eigenvalue weighted by Gasteiger charge is -2.18. The van der Waals surface area contributed by atoms with E-state index in [0.717, 1.165) is 32.1 Å². The molecule has 0 saturated heterocycles. The third-order valence-electron chi connectivity index (χ3n) is 12.3. The number of esters is 2. The lowest BCUT2D eigenvalue weighted by Crippen LogP contribution is -2.30. The minimum Gasteiger partial charge on any atom is -0.462 e. The highest BCUT2D eigenvalue weighted by molar-refractivity contribution is 5.70. The first-order valence-electron chi connectivity index (χ1n) is 27.2. The Hall–Kier alpha value is -1.36. The zero-order valence-electron chi connectivity index (χ0n) is 41.0. The Balaban J connectivity index is 4.15. The van der Waals surface area contributed by atoms with Crippen LogP contribution < -0.4 is 0 Å². The van der Waals surface area contributed by atoms with Gasteiger partial charge in [0.15, 0.2) is 6.10 Å². The molecule has 1 atom stereocenters. The van der Waals surface area contributed by atoms with Crippen LogP contribution in [0.2, 0.25) is 0 Å². The molecule has 0 radical (unpaired) electrons. The minimum atomic E-state index is -0.526. The molecule has 60 heavy (non-hydrogen) atoms. The third kappa shape index (κ3) is 49.3. The van der Waals surface area contributed by atoms with Crippen LogP contribution in [0.5, 0.6) is 0 Å². The fourth-order valence-electron chi connectivity index (χ4n) is 8.21. The molecule has 0 aromatic heterocycles. The van der Waals surface area contributed by atoms with Gasteiger partial charge < -0.3 is 14.2 Å². The summed E-state index contributed by atoms with van der Waals surface area (Å²) in [5, 5.41) is 0. The van der Waals surface area contributed by atoms with Crippen LogP contribution >= 0.6 is 0 Å². The van der Waals surface area contributed by atoms with Crippen molar-refractivity contribution in [2.45, 2.75) is 309 Å². The molecule has 0 aromatic carbocycles. The fraction of sp³-hybridized carbons (Fsp3) is 0.927. The molecule has 0 aliphatic heterocycles.